The first-order chi connectivity index (χ1) is 13.2. The summed E-state index contributed by atoms with van der Waals surface area (Å²) < 4.78 is 11.2. The molecule has 1 N–H and O–H groups in total. The number of amides is 1. The number of aryl methyl sites for hydroxylation is 2. The first-order valence-electron chi connectivity index (χ1n) is 9.33. The number of ether oxygens (including phenoxy) is 1. The van der Waals surface area contributed by atoms with Gasteiger partial charge in [0.1, 0.15) is 0 Å². The van der Waals surface area contributed by atoms with Gasteiger partial charge in [-0.15, -0.1) is 0 Å². The highest BCUT2D eigenvalue weighted by Gasteiger charge is 2.31. The Hall–Kier alpha value is -2.73. The predicted octanol–water partition coefficient (Wildman–Crippen LogP) is 3.08. The summed E-state index contributed by atoms with van der Waals surface area (Å²) in [7, 11) is 0. The molecule has 6 nitrogen and oxygen atoms in total. The van der Waals surface area contributed by atoms with Crippen molar-refractivity contribution in [2.24, 2.45) is 5.92 Å². The van der Waals surface area contributed by atoms with Gasteiger partial charge < -0.3 is 14.5 Å². The van der Waals surface area contributed by atoms with Gasteiger partial charge in [-0.25, -0.2) is 4.98 Å². The van der Waals surface area contributed by atoms with Crippen LogP contribution in [0.4, 0.5) is 0 Å². The van der Waals surface area contributed by atoms with Gasteiger partial charge >= 0.3 is 0 Å². The van der Waals surface area contributed by atoms with E-state index in [4.69, 9.17) is 9.15 Å². The van der Waals surface area contributed by atoms with Gasteiger partial charge in [-0.05, 0) is 31.0 Å². The Balaban J connectivity index is 1.50. The topological polar surface area (TPSA) is 77.2 Å². The van der Waals surface area contributed by atoms with Crippen molar-refractivity contribution < 1.29 is 13.9 Å². The lowest BCUT2D eigenvalue weighted by Gasteiger charge is -2.19. The van der Waals surface area contributed by atoms with Gasteiger partial charge in [0.05, 0.1) is 30.5 Å². The van der Waals surface area contributed by atoms with Gasteiger partial charge in [0, 0.05) is 23.9 Å². The molecular formula is C21H23N3O3. The molecule has 1 fully saturated rings. The Kier molecular flexibility index (Phi) is 4.90. The fourth-order valence-corrected chi connectivity index (χ4v) is 3.62. The quantitative estimate of drug-likeness (QED) is 0.752. The summed E-state index contributed by atoms with van der Waals surface area (Å²) in [5.41, 5.74) is 2.83. The number of benzene rings is 1. The van der Waals surface area contributed by atoms with Gasteiger partial charge in [0.25, 0.3) is 5.91 Å². The predicted molar refractivity (Wildman–Crippen MR) is 102 cm³/mol. The number of para-hydroxylation sites is 1. The van der Waals surface area contributed by atoms with Crippen molar-refractivity contribution in [2.45, 2.75) is 32.7 Å². The van der Waals surface area contributed by atoms with E-state index in [0.29, 0.717) is 37.0 Å². The summed E-state index contributed by atoms with van der Waals surface area (Å²) in [6, 6.07) is 10.1. The molecule has 2 atom stereocenters. The van der Waals surface area contributed by atoms with Gasteiger partial charge in [0.15, 0.2) is 5.89 Å². The second-order valence-electron chi connectivity index (χ2n) is 6.94. The number of hydrogen-bond donors (Lipinski definition) is 1. The Bertz CT molecular complexity index is 961. The highest BCUT2D eigenvalue weighted by Crippen LogP contribution is 2.24. The average molecular weight is 365 g/mol. The number of carbonyl (C=O) groups excluding carboxylic acids is 1. The van der Waals surface area contributed by atoms with Crippen molar-refractivity contribution >= 4 is 16.8 Å². The lowest BCUT2D eigenvalue weighted by Crippen LogP contribution is -2.40. The minimum Gasteiger partial charge on any atom is -0.435 e. The van der Waals surface area contributed by atoms with Crippen molar-refractivity contribution in [1.82, 2.24) is 15.3 Å². The average Bonchev–Trinajstić information content (AvgIpc) is 3.28. The smallest absolute Gasteiger partial charge is 0.289 e. The molecule has 0 radical (unpaired) electrons. The Morgan fingerprint density at radius 2 is 2.11 bits per heavy atom. The van der Waals surface area contributed by atoms with E-state index >= 15 is 0 Å². The fourth-order valence-electron chi connectivity index (χ4n) is 3.62. The number of nitrogens with zero attached hydrogens (tertiary/aromatic N) is 2. The molecule has 1 saturated heterocycles. The summed E-state index contributed by atoms with van der Waals surface area (Å²) >= 11 is 0. The first-order valence-corrected chi connectivity index (χ1v) is 9.33. The zero-order valence-electron chi connectivity index (χ0n) is 15.6. The van der Waals surface area contributed by atoms with Crippen LogP contribution in [-0.4, -0.2) is 35.1 Å². The number of hydrogen-bond acceptors (Lipinski definition) is 5. The summed E-state index contributed by atoms with van der Waals surface area (Å²) in [4.78, 5) is 21.4. The second-order valence-corrected chi connectivity index (χ2v) is 6.94. The molecule has 3 heterocycles. The highest BCUT2D eigenvalue weighted by atomic mass is 16.5. The third kappa shape index (κ3) is 3.57. The van der Waals surface area contributed by atoms with E-state index in [2.05, 4.69) is 21.4 Å². The van der Waals surface area contributed by atoms with Crippen molar-refractivity contribution in [3.8, 4) is 0 Å². The third-order valence-electron chi connectivity index (χ3n) is 5.09. The van der Waals surface area contributed by atoms with E-state index in [-0.39, 0.29) is 17.9 Å². The van der Waals surface area contributed by atoms with Gasteiger partial charge in [-0.2, -0.15) is 0 Å². The zero-order chi connectivity index (χ0) is 18.8. The zero-order valence-corrected chi connectivity index (χ0v) is 15.6. The van der Waals surface area contributed by atoms with Crippen molar-refractivity contribution in [1.29, 1.82) is 0 Å². The minimum absolute atomic E-state index is 0.0565. The standard InChI is InChI=1S/C21H23N3O3/c1-3-19-23-13(2)20(27-19)21(25)24-18-12-26-11-15(18)10-14-8-9-22-17-7-5-4-6-16(14)17/h4-9,15,18H,3,10-12H2,1-2H3,(H,24,25)/t15-,18-/m1/s1. The number of rotatable bonds is 5. The molecule has 2 aromatic heterocycles. The maximum Gasteiger partial charge on any atom is 0.289 e. The lowest BCUT2D eigenvalue weighted by molar-refractivity contribution is 0.0894. The molecular weight excluding hydrogens is 342 g/mol. The van der Waals surface area contributed by atoms with Crippen LogP contribution in [0, 0.1) is 12.8 Å². The van der Waals surface area contributed by atoms with Crippen LogP contribution >= 0.6 is 0 Å². The van der Waals surface area contributed by atoms with Crippen molar-refractivity contribution in [3.05, 3.63) is 59.4 Å². The number of aromatic nitrogens is 2. The molecule has 1 amide bonds. The van der Waals surface area contributed by atoms with E-state index in [9.17, 15) is 4.79 Å². The van der Waals surface area contributed by atoms with Gasteiger partial charge in [-0.3, -0.25) is 9.78 Å². The van der Waals surface area contributed by atoms with Gasteiger partial charge in [-0.1, -0.05) is 25.1 Å². The Labute approximate surface area is 158 Å². The van der Waals surface area contributed by atoms with E-state index in [1.165, 1.54) is 5.56 Å². The number of fused-ring (bicyclic) bond motifs is 1. The summed E-state index contributed by atoms with van der Waals surface area (Å²) in [5.74, 6) is 0.861. The maximum absolute atomic E-state index is 12.7. The van der Waals surface area contributed by atoms with Crippen LogP contribution < -0.4 is 5.32 Å². The van der Waals surface area contributed by atoms with E-state index in [1.807, 2.05) is 37.4 Å². The summed E-state index contributed by atoms with van der Waals surface area (Å²) in [6.07, 6.45) is 3.33. The molecule has 4 rings (SSSR count). The third-order valence-corrected chi connectivity index (χ3v) is 5.09. The largest absolute Gasteiger partial charge is 0.435 e. The number of carbonyl (C=O) groups is 1. The van der Waals surface area contributed by atoms with Crippen LogP contribution in [0.1, 0.15) is 34.6 Å². The number of pyridine rings is 1. The molecule has 1 aliphatic rings. The SMILES string of the molecule is CCc1nc(C)c(C(=O)N[C@@H]2COC[C@H]2Cc2ccnc3ccccc23)o1. The Morgan fingerprint density at radius 3 is 2.93 bits per heavy atom. The first kappa shape index (κ1) is 17.7. The molecule has 0 unspecified atom stereocenters. The molecule has 140 valence electrons. The second kappa shape index (κ2) is 7.48. The van der Waals surface area contributed by atoms with E-state index in [0.717, 1.165) is 17.3 Å². The minimum atomic E-state index is -0.222. The molecule has 3 aromatic rings. The van der Waals surface area contributed by atoms with Crippen molar-refractivity contribution in [2.75, 3.05) is 13.2 Å². The molecule has 27 heavy (non-hydrogen) atoms. The van der Waals surface area contributed by atoms with Crippen LogP contribution in [0.3, 0.4) is 0 Å². The van der Waals surface area contributed by atoms with Crippen LogP contribution in [0.25, 0.3) is 10.9 Å². The van der Waals surface area contributed by atoms with E-state index < -0.39 is 0 Å². The van der Waals surface area contributed by atoms with Crippen LogP contribution in [0.15, 0.2) is 40.9 Å². The molecule has 1 aromatic carbocycles. The van der Waals surface area contributed by atoms with E-state index in [1.54, 1.807) is 6.92 Å². The van der Waals surface area contributed by atoms with Crippen LogP contribution in [0.5, 0.6) is 0 Å². The normalized spacial score (nSPS) is 19.5. The Morgan fingerprint density at radius 1 is 1.26 bits per heavy atom. The fraction of sp³-hybridized carbons (Fsp3) is 0.381. The molecule has 0 spiro atoms. The number of oxazole rings is 1. The molecule has 1 aliphatic heterocycles. The van der Waals surface area contributed by atoms with Crippen molar-refractivity contribution in [3.63, 3.8) is 0 Å². The molecule has 6 heteroatoms. The lowest BCUT2D eigenvalue weighted by atomic mass is 9.93. The molecule has 0 aliphatic carbocycles. The summed E-state index contributed by atoms with van der Waals surface area (Å²) in [5, 5.41) is 4.23. The number of nitrogens with one attached hydrogen (secondary N) is 1. The molecule has 0 saturated carbocycles. The summed E-state index contributed by atoms with van der Waals surface area (Å²) in [6.45, 7) is 4.88. The molecule has 0 bridgehead atoms. The monoisotopic (exact) mass is 365 g/mol. The highest BCUT2D eigenvalue weighted by molar-refractivity contribution is 5.92. The van der Waals surface area contributed by atoms with Crippen LogP contribution in [-0.2, 0) is 17.6 Å². The van der Waals surface area contributed by atoms with Gasteiger partial charge in [0.2, 0.25) is 5.76 Å². The maximum atomic E-state index is 12.7. The van der Waals surface area contributed by atoms with Crippen LogP contribution in [0.2, 0.25) is 0 Å².